The molecule has 1 aliphatic heterocycles. The van der Waals surface area contributed by atoms with Crippen molar-refractivity contribution in [2.45, 2.75) is 39.2 Å². The summed E-state index contributed by atoms with van der Waals surface area (Å²) < 4.78 is 0. The third-order valence-electron chi connectivity index (χ3n) is 5.59. The average molecular weight is 287 g/mol. The Balaban J connectivity index is 1.74. The lowest BCUT2D eigenvalue weighted by Crippen LogP contribution is -2.32. The van der Waals surface area contributed by atoms with Crippen LogP contribution < -0.4 is 0 Å². The molecule has 0 radical (unpaired) electrons. The van der Waals surface area contributed by atoms with Gasteiger partial charge in [-0.2, -0.15) is 0 Å². The van der Waals surface area contributed by atoms with Gasteiger partial charge in [0.05, 0.1) is 5.92 Å². The largest absolute Gasteiger partial charge is 0.481 e. The monoisotopic (exact) mass is 287 g/mol. The van der Waals surface area contributed by atoms with Crippen LogP contribution in [-0.4, -0.2) is 29.1 Å². The maximum Gasteiger partial charge on any atom is 0.308 e. The van der Waals surface area contributed by atoms with Crippen molar-refractivity contribution in [1.82, 2.24) is 4.90 Å². The van der Waals surface area contributed by atoms with Crippen LogP contribution in [0.15, 0.2) is 30.3 Å². The predicted molar refractivity (Wildman–Crippen MR) is 82.9 cm³/mol. The highest BCUT2D eigenvalue weighted by molar-refractivity contribution is 5.72. The van der Waals surface area contributed by atoms with E-state index in [1.54, 1.807) is 0 Å². The molecule has 1 aliphatic carbocycles. The highest BCUT2D eigenvalue weighted by Gasteiger charge is 2.53. The Labute approximate surface area is 127 Å². The van der Waals surface area contributed by atoms with Crippen LogP contribution in [0.25, 0.3) is 0 Å². The van der Waals surface area contributed by atoms with Crippen LogP contribution >= 0.6 is 0 Å². The molecule has 21 heavy (non-hydrogen) atoms. The Kier molecular flexibility index (Phi) is 4.03. The second-order valence-electron chi connectivity index (χ2n) is 6.93. The second kappa shape index (κ2) is 5.80. The minimum Gasteiger partial charge on any atom is -0.481 e. The van der Waals surface area contributed by atoms with Crippen LogP contribution in [0.2, 0.25) is 0 Å². The van der Waals surface area contributed by atoms with Gasteiger partial charge in [0.2, 0.25) is 0 Å². The first-order valence-corrected chi connectivity index (χ1v) is 8.12. The van der Waals surface area contributed by atoms with Crippen molar-refractivity contribution in [1.29, 1.82) is 0 Å². The molecule has 1 heterocycles. The molecule has 3 unspecified atom stereocenters. The summed E-state index contributed by atoms with van der Waals surface area (Å²) in [7, 11) is 0. The molecule has 0 bridgehead atoms. The number of carboxylic acids is 1. The van der Waals surface area contributed by atoms with Gasteiger partial charge in [-0.3, -0.25) is 9.69 Å². The van der Waals surface area contributed by atoms with Gasteiger partial charge in [-0.15, -0.1) is 0 Å². The molecule has 2 fully saturated rings. The molecule has 1 saturated heterocycles. The second-order valence-corrected chi connectivity index (χ2v) is 6.93. The third kappa shape index (κ3) is 2.84. The number of carboxylic acid groups (broad SMARTS) is 1. The van der Waals surface area contributed by atoms with Gasteiger partial charge < -0.3 is 5.11 Å². The molecule has 3 atom stereocenters. The fourth-order valence-corrected chi connectivity index (χ4v) is 4.45. The number of likely N-dealkylation sites (tertiary alicyclic amines) is 1. The molecule has 1 aromatic rings. The normalized spacial score (nSPS) is 32.8. The lowest BCUT2D eigenvalue weighted by atomic mass is 9.76. The van der Waals surface area contributed by atoms with E-state index in [-0.39, 0.29) is 11.3 Å². The molecule has 3 nitrogen and oxygen atoms in total. The molecular weight excluding hydrogens is 262 g/mol. The molecule has 1 aromatic carbocycles. The summed E-state index contributed by atoms with van der Waals surface area (Å²) in [6.07, 6.45) is 4.59. The molecule has 3 heteroatoms. The summed E-state index contributed by atoms with van der Waals surface area (Å²) in [5.41, 5.74) is 1.31. The zero-order valence-corrected chi connectivity index (χ0v) is 12.8. The Bertz CT molecular complexity index is 501. The van der Waals surface area contributed by atoms with Crippen molar-refractivity contribution in [2.75, 3.05) is 13.1 Å². The highest BCUT2D eigenvalue weighted by Crippen LogP contribution is 2.52. The van der Waals surface area contributed by atoms with Gasteiger partial charge >= 0.3 is 5.97 Å². The van der Waals surface area contributed by atoms with Gasteiger partial charge in [0.15, 0.2) is 0 Å². The van der Waals surface area contributed by atoms with Crippen LogP contribution in [0.1, 0.15) is 38.2 Å². The molecule has 3 rings (SSSR count). The summed E-state index contributed by atoms with van der Waals surface area (Å²) in [6, 6.07) is 10.4. The van der Waals surface area contributed by atoms with E-state index in [0.29, 0.717) is 6.54 Å². The van der Waals surface area contributed by atoms with Gasteiger partial charge in [-0.25, -0.2) is 0 Å². The van der Waals surface area contributed by atoms with Crippen LogP contribution in [0.3, 0.4) is 0 Å². The minimum atomic E-state index is -0.595. The van der Waals surface area contributed by atoms with E-state index in [1.165, 1.54) is 18.4 Å². The van der Waals surface area contributed by atoms with Crippen LogP contribution in [0.4, 0.5) is 0 Å². The topological polar surface area (TPSA) is 40.5 Å². The van der Waals surface area contributed by atoms with E-state index >= 15 is 0 Å². The fourth-order valence-electron chi connectivity index (χ4n) is 4.45. The molecule has 114 valence electrons. The molecule has 1 N–H and O–H groups in total. The van der Waals surface area contributed by atoms with Crippen molar-refractivity contribution in [3.63, 3.8) is 0 Å². The zero-order valence-electron chi connectivity index (χ0n) is 12.8. The van der Waals surface area contributed by atoms with E-state index in [2.05, 4.69) is 36.1 Å². The standard InChI is InChI=1S/C18H25NO2/c1-2-14-8-9-18(10-14)13-19(12-16(18)17(20)21)11-15-6-4-3-5-7-15/h3-7,14,16H,2,8-13H2,1H3,(H,20,21). The van der Waals surface area contributed by atoms with E-state index < -0.39 is 5.97 Å². The van der Waals surface area contributed by atoms with E-state index in [9.17, 15) is 9.90 Å². The Morgan fingerprint density at radius 1 is 1.38 bits per heavy atom. The van der Waals surface area contributed by atoms with Crippen molar-refractivity contribution >= 4 is 5.97 Å². The fraction of sp³-hybridized carbons (Fsp3) is 0.611. The van der Waals surface area contributed by atoms with Crippen molar-refractivity contribution in [3.05, 3.63) is 35.9 Å². The summed E-state index contributed by atoms with van der Waals surface area (Å²) >= 11 is 0. The number of rotatable bonds is 4. The van der Waals surface area contributed by atoms with Crippen molar-refractivity contribution < 1.29 is 9.90 Å². The number of aliphatic carboxylic acids is 1. The SMILES string of the molecule is CCC1CCC2(C1)CN(Cc1ccccc1)CC2C(=O)O. The molecule has 0 aromatic heterocycles. The lowest BCUT2D eigenvalue weighted by molar-refractivity contribution is -0.144. The Hall–Kier alpha value is -1.35. The highest BCUT2D eigenvalue weighted by atomic mass is 16.4. The van der Waals surface area contributed by atoms with Crippen LogP contribution in [0, 0.1) is 17.3 Å². The first-order chi connectivity index (χ1) is 10.1. The first-order valence-electron chi connectivity index (χ1n) is 8.12. The predicted octanol–water partition coefficient (Wildman–Crippen LogP) is 3.40. The van der Waals surface area contributed by atoms with Gasteiger partial charge in [0.1, 0.15) is 0 Å². The number of nitrogens with zero attached hydrogens (tertiary/aromatic N) is 1. The van der Waals surface area contributed by atoms with Crippen molar-refractivity contribution in [3.8, 4) is 0 Å². The molecule has 1 spiro atoms. The summed E-state index contributed by atoms with van der Waals surface area (Å²) in [5.74, 6) is -0.0522. The summed E-state index contributed by atoms with van der Waals surface area (Å²) in [5, 5.41) is 9.66. The number of hydrogen-bond acceptors (Lipinski definition) is 2. The minimum absolute atomic E-state index is 0.0291. The summed E-state index contributed by atoms with van der Waals surface area (Å²) in [6.45, 7) is 4.77. The number of hydrogen-bond donors (Lipinski definition) is 1. The number of carbonyl (C=O) groups is 1. The Morgan fingerprint density at radius 2 is 2.14 bits per heavy atom. The molecule has 1 saturated carbocycles. The number of benzene rings is 1. The van der Waals surface area contributed by atoms with Crippen LogP contribution in [0.5, 0.6) is 0 Å². The summed E-state index contributed by atoms with van der Waals surface area (Å²) in [4.78, 5) is 14.1. The lowest BCUT2D eigenvalue weighted by Gasteiger charge is -2.28. The Morgan fingerprint density at radius 3 is 2.76 bits per heavy atom. The maximum absolute atomic E-state index is 11.7. The maximum atomic E-state index is 11.7. The van der Waals surface area contributed by atoms with Gasteiger partial charge in [0, 0.05) is 19.6 Å². The quantitative estimate of drug-likeness (QED) is 0.922. The van der Waals surface area contributed by atoms with E-state index in [4.69, 9.17) is 0 Å². The van der Waals surface area contributed by atoms with Crippen LogP contribution in [-0.2, 0) is 11.3 Å². The van der Waals surface area contributed by atoms with Gasteiger partial charge in [-0.1, -0.05) is 43.7 Å². The average Bonchev–Trinajstić information content (AvgIpc) is 3.05. The van der Waals surface area contributed by atoms with E-state index in [0.717, 1.165) is 31.8 Å². The van der Waals surface area contributed by atoms with E-state index in [1.807, 2.05) is 6.07 Å². The first kappa shape index (κ1) is 14.6. The van der Waals surface area contributed by atoms with Gasteiger partial charge in [0.25, 0.3) is 0 Å². The molecule has 2 aliphatic rings. The zero-order chi connectivity index (χ0) is 14.9. The van der Waals surface area contributed by atoms with Crippen molar-refractivity contribution in [2.24, 2.45) is 17.3 Å². The van der Waals surface area contributed by atoms with Gasteiger partial charge in [-0.05, 0) is 36.2 Å². The molecular formula is C18H25NO2. The third-order valence-corrected chi connectivity index (χ3v) is 5.59. The molecule has 0 amide bonds. The smallest absolute Gasteiger partial charge is 0.308 e.